The lowest BCUT2D eigenvalue weighted by molar-refractivity contribution is -0.660. The minimum absolute atomic E-state index is 0.694. The largest absolute Gasteiger partial charge is 0.454 e. The molecule has 0 saturated heterocycles. The second kappa shape index (κ2) is 9.14. The Labute approximate surface area is 224 Å². The minimum atomic E-state index is 0.694. The van der Waals surface area contributed by atoms with Crippen molar-refractivity contribution in [1.29, 1.82) is 5.26 Å². The molecule has 2 heterocycles. The Hall–Kier alpha value is -3.90. The highest BCUT2D eigenvalue weighted by atomic mass is 16.3. The van der Waals surface area contributed by atoms with E-state index >= 15 is 0 Å². The summed E-state index contributed by atoms with van der Waals surface area (Å²) in [6, 6.07) is 21.9. The number of aryl methyl sites for hydroxylation is 2. The summed E-state index contributed by atoms with van der Waals surface area (Å²) < 4.78 is 8.99. The van der Waals surface area contributed by atoms with Crippen molar-refractivity contribution in [3.8, 4) is 28.5 Å². The van der Waals surface area contributed by atoms with Gasteiger partial charge in [0.25, 0.3) is 0 Å². The first kappa shape index (κ1) is 23.2. The van der Waals surface area contributed by atoms with Gasteiger partial charge in [0.2, 0.25) is 5.69 Å². The molecule has 2 aliphatic rings. The third-order valence-corrected chi connectivity index (χ3v) is 9.08. The molecule has 0 amide bonds. The highest BCUT2D eigenvalue weighted by molar-refractivity contribution is 6.14. The minimum Gasteiger partial charge on any atom is -0.454 e. The Morgan fingerprint density at radius 1 is 0.816 bits per heavy atom. The maximum absolute atomic E-state index is 10.2. The van der Waals surface area contributed by atoms with Crippen LogP contribution in [0.3, 0.4) is 0 Å². The lowest BCUT2D eigenvalue weighted by atomic mass is 9.80. The van der Waals surface area contributed by atoms with E-state index in [-0.39, 0.29) is 0 Å². The number of hydrogen-bond acceptors (Lipinski definition) is 2. The number of rotatable bonds is 3. The van der Waals surface area contributed by atoms with Crippen molar-refractivity contribution in [2.24, 2.45) is 7.05 Å². The van der Waals surface area contributed by atoms with Crippen molar-refractivity contribution < 1.29 is 8.98 Å². The van der Waals surface area contributed by atoms with E-state index in [1.165, 1.54) is 55.2 Å². The van der Waals surface area contributed by atoms with E-state index in [0.29, 0.717) is 11.5 Å². The molecule has 1 fully saturated rings. The van der Waals surface area contributed by atoms with Gasteiger partial charge in [-0.1, -0.05) is 43.5 Å². The summed E-state index contributed by atoms with van der Waals surface area (Å²) in [5.74, 6) is 0.694. The zero-order valence-electron chi connectivity index (χ0n) is 22.3. The van der Waals surface area contributed by atoms with Crippen molar-refractivity contribution >= 4 is 21.9 Å². The van der Waals surface area contributed by atoms with Gasteiger partial charge in [0, 0.05) is 28.5 Å². The average molecular weight is 498 g/mol. The Kier molecular flexibility index (Phi) is 5.59. The van der Waals surface area contributed by atoms with Crippen molar-refractivity contribution in [3.63, 3.8) is 0 Å². The molecular formula is C35H33N2O+. The topological polar surface area (TPSA) is 40.8 Å². The van der Waals surface area contributed by atoms with Crippen LogP contribution in [0, 0.1) is 18.3 Å². The summed E-state index contributed by atoms with van der Waals surface area (Å²) in [6.45, 7) is 2.15. The molecule has 0 N–H and O–H groups in total. The second-order valence-electron chi connectivity index (χ2n) is 11.3. The van der Waals surface area contributed by atoms with Gasteiger partial charge in [0.05, 0.1) is 17.2 Å². The summed E-state index contributed by atoms with van der Waals surface area (Å²) in [4.78, 5) is 0. The molecule has 3 heteroatoms. The van der Waals surface area contributed by atoms with Gasteiger partial charge in [-0.2, -0.15) is 5.26 Å². The standard InChI is InChI=1S/C35H33N2O/c1-22-14-16-29-30-17-15-24(21-36)33(35(30)38-34(29)32(22)31-13-6-7-20-37(31)2)28-19-18-25(23-9-4-3-5-10-23)26-11-8-12-27(26)28/h6-7,13-20,23H,3-5,8-12H2,1-2H3/q+1. The van der Waals surface area contributed by atoms with Crippen LogP contribution in [0.5, 0.6) is 0 Å². The number of hydrogen-bond donors (Lipinski definition) is 0. The van der Waals surface area contributed by atoms with Crippen molar-refractivity contribution in [2.75, 3.05) is 0 Å². The lowest BCUT2D eigenvalue weighted by Gasteiger charge is -2.25. The maximum atomic E-state index is 10.2. The highest BCUT2D eigenvalue weighted by Gasteiger charge is 2.28. The molecule has 0 aliphatic heterocycles. The molecule has 0 atom stereocenters. The fraction of sp³-hybridized carbons (Fsp3) is 0.314. The Morgan fingerprint density at radius 2 is 1.58 bits per heavy atom. The van der Waals surface area contributed by atoms with E-state index in [2.05, 4.69) is 73.3 Å². The van der Waals surface area contributed by atoms with E-state index in [1.54, 1.807) is 11.1 Å². The molecule has 38 heavy (non-hydrogen) atoms. The van der Waals surface area contributed by atoms with Crippen LogP contribution >= 0.6 is 0 Å². The monoisotopic (exact) mass is 497 g/mol. The lowest BCUT2D eigenvalue weighted by Crippen LogP contribution is -2.30. The Morgan fingerprint density at radius 3 is 2.37 bits per heavy atom. The Bertz CT molecular complexity index is 1760. The smallest absolute Gasteiger partial charge is 0.216 e. The zero-order valence-corrected chi connectivity index (χ0v) is 22.3. The summed E-state index contributed by atoms with van der Waals surface area (Å²) in [5.41, 5.74) is 12.6. The first-order valence-electron chi connectivity index (χ1n) is 14.1. The normalized spacial score (nSPS) is 15.7. The third-order valence-electron chi connectivity index (χ3n) is 9.08. The van der Waals surface area contributed by atoms with Gasteiger partial charge in [-0.3, -0.25) is 0 Å². The molecule has 2 aromatic heterocycles. The van der Waals surface area contributed by atoms with Crippen molar-refractivity contribution in [1.82, 2.24) is 0 Å². The molecule has 0 spiro atoms. The van der Waals surface area contributed by atoms with Crippen LogP contribution in [0.1, 0.15) is 72.3 Å². The number of nitrogens with zero attached hydrogens (tertiary/aromatic N) is 2. The van der Waals surface area contributed by atoms with Gasteiger partial charge in [-0.25, -0.2) is 4.57 Å². The number of fused-ring (bicyclic) bond motifs is 4. The van der Waals surface area contributed by atoms with Crippen molar-refractivity contribution in [3.05, 3.63) is 88.6 Å². The molecular weight excluding hydrogens is 464 g/mol. The predicted octanol–water partition coefficient (Wildman–Crippen LogP) is 8.46. The maximum Gasteiger partial charge on any atom is 0.216 e. The number of nitriles is 1. The van der Waals surface area contributed by atoms with Crippen LogP contribution in [0.15, 0.2) is 65.2 Å². The van der Waals surface area contributed by atoms with Gasteiger partial charge in [-0.15, -0.1) is 0 Å². The molecule has 0 unspecified atom stereocenters. The summed E-state index contributed by atoms with van der Waals surface area (Å²) in [6.07, 6.45) is 12.2. The summed E-state index contributed by atoms with van der Waals surface area (Å²) in [5, 5.41) is 12.4. The van der Waals surface area contributed by atoms with Gasteiger partial charge < -0.3 is 4.42 Å². The molecule has 7 rings (SSSR count). The van der Waals surface area contributed by atoms with Crippen LogP contribution in [0.25, 0.3) is 44.3 Å². The van der Waals surface area contributed by atoms with E-state index in [1.807, 2.05) is 12.1 Å². The third kappa shape index (κ3) is 3.51. The second-order valence-corrected chi connectivity index (χ2v) is 11.3. The van der Waals surface area contributed by atoms with Crippen LogP contribution < -0.4 is 4.57 Å². The first-order chi connectivity index (χ1) is 18.7. The first-order valence-corrected chi connectivity index (χ1v) is 14.1. The van der Waals surface area contributed by atoms with E-state index in [9.17, 15) is 5.26 Å². The fourth-order valence-corrected chi connectivity index (χ4v) is 7.23. The van der Waals surface area contributed by atoms with Crippen LogP contribution in [-0.2, 0) is 19.9 Å². The average Bonchev–Trinajstić information content (AvgIpc) is 3.58. The van der Waals surface area contributed by atoms with E-state index in [0.717, 1.165) is 51.6 Å². The van der Waals surface area contributed by atoms with Gasteiger partial charge >= 0.3 is 0 Å². The number of furan rings is 1. The number of aromatic nitrogens is 1. The summed E-state index contributed by atoms with van der Waals surface area (Å²) in [7, 11) is 2.08. The Balaban J connectivity index is 1.50. The SMILES string of the molecule is Cc1ccc2c(oc3c(-c4ccc(C5CCCCC5)c5c4CCC5)c(C#N)ccc32)c1-c1cccc[n+]1C. The fourth-order valence-electron chi connectivity index (χ4n) is 7.23. The van der Waals surface area contributed by atoms with E-state index < -0.39 is 0 Å². The van der Waals surface area contributed by atoms with Crippen molar-refractivity contribution in [2.45, 2.75) is 64.2 Å². The molecule has 188 valence electrons. The van der Waals surface area contributed by atoms with Crippen LogP contribution in [-0.4, -0.2) is 0 Å². The van der Waals surface area contributed by atoms with Crippen LogP contribution in [0.2, 0.25) is 0 Å². The molecule has 0 bridgehead atoms. The molecule has 5 aromatic rings. The summed E-state index contributed by atoms with van der Waals surface area (Å²) >= 11 is 0. The zero-order chi connectivity index (χ0) is 25.8. The molecule has 3 nitrogen and oxygen atoms in total. The quantitative estimate of drug-likeness (QED) is 0.235. The van der Waals surface area contributed by atoms with Gasteiger partial charge in [0.15, 0.2) is 6.20 Å². The number of benzene rings is 3. The van der Waals surface area contributed by atoms with Gasteiger partial charge in [0.1, 0.15) is 18.2 Å². The predicted molar refractivity (Wildman–Crippen MR) is 153 cm³/mol. The number of pyridine rings is 1. The molecule has 0 radical (unpaired) electrons. The highest BCUT2D eigenvalue weighted by Crippen LogP contribution is 2.46. The molecule has 3 aromatic carbocycles. The molecule has 2 aliphatic carbocycles. The van der Waals surface area contributed by atoms with Gasteiger partial charge in [-0.05, 0) is 91.0 Å². The van der Waals surface area contributed by atoms with E-state index in [4.69, 9.17) is 4.42 Å². The molecule has 1 saturated carbocycles. The van der Waals surface area contributed by atoms with Crippen LogP contribution in [0.4, 0.5) is 0 Å².